The largest absolute Gasteiger partial charge is 0.531 e. The summed E-state index contributed by atoms with van der Waals surface area (Å²) in [5.41, 5.74) is -0.125. The highest BCUT2D eigenvalue weighted by molar-refractivity contribution is 6.62. The van der Waals surface area contributed by atoms with Gasteiger partial charge in [0.2, 0.25) is 0 Å². The van der Waals surface area contributed by atoms with E-state index in [0.717, 1.165) is 19.4 Å². The Morgan fingerprint density at radius 3 is 1.95 bits per heavy atom. The van der Waals surface area contributed by atoms with Crippen LogP contribution >= 0.6 is 0 Å². The van der Waals surface area contributed by atoms with Gasteiger partial charge >= 0.3 is 8.80 Å². The van der Waals surface area contributed by atoms with Crippen LogP contribution in [0, 0.1) is 0 Å². The number of hydrogen-bond donors (Lipinski definition) is 0. The predicted molar refractivity (Wildman–Crippen MR) is 75.0 cm³/mol. The van der Waals surface area contributed by atoms with Gasteiger partial charge in [0, 0.05) is 32.8 Å². The second-order valence-electron chi connectivity index (χ2n) is 4.45. The SMILES string of the molecule is CCCOC(CC1CO1)[Si](OCC)(OCC)OCC. The average Bonchev–Trinajstić information content (AvgIpc) is 3.19. The van der Waals surface area contributed by atoms with Crippen LogP contribution < -0.4 is 0 Å². The Balaban J connectivity index is 2.76. The smallest absolute Gasteiger partial charge is 0.374 e. The van der Waals surface area contributed by atoms with Crippen molar-refractivity contribution < 1.29 is 22.8 Å². The highest BCUT2D eigenvalue weighted by atomic mass is 28.4. The van der Waals surface area contributed by atoms with Crippen molar-refractivity contribution in [3.8, 4) is 0 Å². The van der Waals surface area contributed by atoms with Gasteiger partial charge in [0.25, 0.3) is 0 Å². The zero-order valence-electron chi connectivity index (χ0n) is 12.6. The molecule has 0 aromatic heterocycles. The van der Waals surface area contributed by atoms with Gasteiger partial charge in [-0.15, -0.1) is 0 Å². The van der Waals surface area contributed by atoms with Crippen LogP contribution in [0.3, 0.4) is 0 Å². The molecule has 5 nitrogen and oxygen atoms in total. The van der Waals surface area contributed by atoms with Crippen LogP contribution in [0.25, 0.3) is 0 Å². The fraction of sp³-hybridized carbons (Fsp3) is 1.00. The first-order valence-electron chi connectivity index (χ1n) is 7.37. The van der Waals surface area contributed by atoms with Crippen LogP contribution in [-0.4, -0.2) is 53.7 Å². The zero-order chi connectivity index (χ0) is 14.1. The van der Waals surface area contributed by atoms with E-state index in [1.807, 2.05) is 20.8 Å². The molecule has 6 heteroatoms. The fourth-order valence-corrected chi connectivity index (χ4v) is 4.91. The zero-order valence-corrected chi connectivity index (χ0v) is 13.6. The van der Waals surface area contributed by atoms with Gasteiger partial charge in [-0.25, -0.2) is 0 Å². The average molecular weight is 292 g/mol. The molecule has 0 radical (unpaired) electrons. The second kappa shape index (κ2) is 9.04. The topological polar surface area (TPSA) is 49.5 Å². The van der Waals surface area contributed by atoms with E-state index in [0.29, 0.717) is 26.4 Å². The minimum absolute atomic E-state index is 0.125. The van der Waals surface area contributed by atoms with E-state index in [2.05, 4.69) is 6.92 Å². The number of rotatable bonds is 12. The first kappa shape index (κ1) is 17.1. The lowest BCUT2D eigenvalue weighted by atomic mass is 10.3. The van der Waals surface area contributed by atoms with Gasteiger partial charge in [-0.1, -0.05) is 6.92 Å². The summed E-state index contributed by atoms with van der Waals surface area (Å²) in [6.07, 6.45) is 2.04. The molecule has 1 rings (SSSR count). The molecular formula is C13H28O5Si. The highest BCUT2D eigenvalue weighted by Crippen LogP contribution is 2.27. The van der Waals surface area contributed by atoms with Gasteiger partial charge in [-0.05, 0) is 27.2 Å². The molecule has 2 unspecified atom stereocenters. The molecule has 1 saturated heterocycles. The number of epoxide rings is 1. The maximum atomic E-state index is 5.97. The van der Waals surface area contributed by atoms with E-state index >= 15 is 0 Å². The molecule has 19 heavy (non-hydrogen) atoms. The lowest BCUT2D eigenvalue weighted by molar-refractivity contribution is -0.0150. The predicted octanol–water partition coefficient (Wildman–Crippen LogP) is 2.16. The molecule has 0 aromatic rings. The van der Waals surface area contributed by atoms with Gasteiger partial charge in [-0.2, -0.15) is 0 Å². The van der Waals surface area contributed by atoms with Crippen molar-refractivity contribution in [3.05, 3.63) is 0 Å². The van der Waals surface area contributed by atoms with E-state index in [-0.39, 0.29) is 11.8 Å². The van der Waals surface area contributed by atoms with E-state index in [1.165, 1.54) is 0 Å². The summed E-state index contributed by atoms with van der Waals surface area (Å²) in [7, 11) is -2.79. The third kappa shape index (κ3) is 5.49. The molecule has 1 aliphatic rings. The first-order valence-corrected chi connectivity index (χ1v) is 9.17. The standard InChI is InChI=1S/C13H28O5Si/c1-5-9-14-13(10-12-11-15-12)19(16-6-2,17-7-3)18-8-4/h12-13H,5-11H2,1-4H3. The normalized spacial score (nSPS) is 20.5. The molecule has 0 spiro atoms. The summed E-state index contributed by atoms with van der Waals surface area (Å²) in [5.74, 6) is 0. The molecule has 0 amide bonds. The van der Waals surface area contributed by atoms with Gasteiger partial charge < -0.3 is 22.8 Å². The van der Waals surface area contributed by atoms with E-state index in [9.17, 15) is 0 Å². The van der Waals surface area contributed by atoms with Crippen molar-refractivity contribution in [2.24, 2.45) is 0 Å². The number of hydrogen-bond acceptors (Lipinski definition) is 5. The van der Waals surface area contributed by atoms with Crippen LogP contribution in [0.2, 0.25) is 0 Å². The summed E-state index contributed by atoms with van der Waals surface area (Å²) >= 11 is 0. The first-order chi connectivity index (χ1) is 9.22. The monoisotopic (exact) mass is 292 g/mol. The van der Waals surface area contributed by atoms with Crippen LogP contribution in [0.4, 0.5) is 0 Å². The van der Waals surface area contributed by atoms with Crippen LogP contribution in [0.1, 0.15) is 40.5 Å². The summed E-state index contributed by atoms with van der Waals surface area (Å²) in [5, 5.41) is 0. The number of ether oxygens (including phenoxy) is 2. The van der Waals surface area contributed by atoms with Crippen molar-refractivity contribution in [2.75, 3.05) is 33.0 Å². The van der Waals surface area contributed by atoms with Crippen molar-refractivity contribution >= 4 is 8.80 Å². The summed E-state index contributed by atoms with van der Waals surface area (Å²) < 4.78 is 29.0. The molecule has 1 fully saturated rings. The molecule has 0 aromatic carbocycles. The summed E-state index contributed by atoms with van der Waals surface area (Å²) in [6.45, 7) is 11.2. The lowest BCUT2D eigenvalue weighted by Crippen LogP contribution is -2.58. The maximum absolute atomic E-state index is 5.97. The van der Waals surface area contributed by atoms with Crippen molar-refractivity contribution in [1.82, 2.24) is 0 Å². The molecule has 114 valence electrons. The quantitative estimate of drug-likeness (QED) is 0.407. The van der Waals surface area contributed by atoms with Crippen molar-refractivity contribution in [3.63, 3.8) is 0 Å². The Bertz CT molecular complexity index is 218. The van der Waals surface area contributed by atoms with Crippen molar-refractivity contribution in [1.29, 1.82) is 0 Å². The third-order valence-corrected chi connectivity index (χ3v) is 6.10. The minimum atomic E-state index is -2.79. The molecule has 2 atom stereocenters. The van der Waals surface area contributed by atoms with Crippen LogP contribution in [0.15, 0.2) is 0 Å². The van der Waals surface area contributed by atoms with E-state index in [4.69, 9.17) is 22.8 Å². The molecule has 0 N–H and O–H groups in total. The fourth-order valence-electron chi connectivity index (χ4n) is 2.02. The third-order valence-electron chi connectivity index (χ3n) is 2.83. The Morgan fingerprint density at radius 2 is 1.58 bits per heavy atom. The van der Waals surface area contributed by atoms with Crippen LogP contribution in [0.5, 0.6) is 0 Å². The Labute approximate surface area is 117 Å². The Kier molecular flexibility index (Phi) is 8.13. The maximum Gasteiger partial charge on any atom is 0.531 e. The van der Waals surface area contributed by atoms with Gasteiger partial charge in [-0.3, -0.25) is 0 Å². The molecule has 0 aliphatic carbocycles. The molecule has 0 saturated carbocycles. The minimum Gasteiger partial charge on any atom is -0.374 e. The van der Waals surface area contributed by atoms with Gasteiger partial charge in [0.1, 0.15) is 5.73 Å². The summed E-state index contributed by atoms with van der Waals surface area (Å²) in [4.78, 5) is 0. The Hall–Kier alpha value is 0.0169. The van der Waals surface area contributed by atoms with Gasteiger partial charge in [0.05, 0.1) is 12.7 Å². The molecule has 1 heterocycles. The molecular weight excluding hydrogens is 264 g/mol. The van der Waals surface area contributed by atoms with E-state index < -0.39 is 8.80 Å². The van der Waals surface area contributed by atoms with Gasteiger partial charge in [0.15, 0.2) is 0 Å². The second-order valence-corrected chi connectivity index (χ2v) is 7.17. The molecule has 0 bridgehead atoms. The van der Waals surface area contributed by atoms with Crippen molar-refractivity contribution in [2.45, 2.75) is 52.4 Å². The summed E-state index contributed by atoms with van der Waals surface area (Å²) in [6, 6.07) is 0. The highest BCUT2D eigenvalue weighted by Gasteiger charge is 2.52. The molecule has 1 aliphatic heterocycles. The van der Waals surface area contributed by atoms with Crippen LogP contribution in [-0.2, 0) is 22.8 Å². The lowest BCUT2D eigenvalue weighted by Gasteiger charge is -2.34. The van der Waals surface area contributed by atoms with E-state index in [1.54, 1.807) is 0 Å². The Morgan fingerprint density at radius 1 is 1.05 bits per heavy atom.